The van der Waals surface area contributed by atoms with Crippen LogP contribution in [0, 0.1) is 5.41 Å². The zero-order chi connectivity index (χ0) is 17.4. The largest absolute Gasteiger partial charge is 0.422 e. The highest BCUT2D eigenvalue weighted by Crippen LogP contribution is 2.42. The van der Waals surface area contributed by atoms with Gasteiger partial charge in [0.25, 0.3) is 0 Å². The zero-order valence-corrected chi connectivity index (χ0v) is 15.2. The Morgan fingerprint density at radius 2 is 1.92 bits per heavy atom. The van der Waals surface area contributed by atoms with Crippen LogP contribution in [0.25, 0.3) is 0 Å². The summed E-state index contributed by atoms with van der Waals surface area (Å²) >= 11 is 0. The summed E-state index contributed by atoms with van der Waals surface area (Å²) in [5.41, 5.74) is -0.470. The predicted octanol–water partition coefficient (Wildman–Crippen LogP) is 3.28. The zero-order valence-electron chi connectivity index (χ0n) is 15.2. The number of nitrogens with zero attached hydrogens (tertiary/aromatic N) is 2. The van der Waals surface area contributed by atoms with Gasteiger partial charge in [-0.2, -0.15) is 0 Å². The Kier molecular flexibility index (Phi) is 4.69. The molecule has 0 aromatic carbocycles. The van der Waals surface area contributed by atoms with Gasteiger partial charge in [-0.15, -0.1) is 10.2 Å². The number of carbonyl (C=O) groups is 1. The number of hydrogen-bond donors (Lipinski definition) is 1. The molecule has 6 nitrogen and oxygen atoms in total. The van der Waals surface area contributed by atoms with Crippen LogP contribution < -0.4 is 5.32 Å². The van der Waals surface area contributed by atoms with Gasteiger partial charge in [0, 0.05) is 13.5 Å². The van der Waals surface area contributed by atoms with Crippen LogP contribution in [0.5, 0.6) is 0 Å². The van der Waals surface area contributed by atoms with E-state index in [-0.39, 0.29) is 23.3 Å². The molecule has 24 heavy (non-hydrogen) atoms. The number of aromatic nitrogens is 2. The number of hydrogen-bond acceptors (Lipinski definition) is 5. The Bertz CT molecular complexity index is 585. The first kappa shape index (κ1) is 17.4. The molecule has 2 heterocycles. The van der Waals surface area contributed by atoms with Crippen LogP contribution >= 0.6 is 0 Å². The smallest absolute Gasteiger partial charge is 0.241 e. The van der Waals surface area contributed by atoms with Crippen LogP contribution in [-0.4, -0.2) is 28.8 Å². The number of carbonyl (C=O) groups excluding carboxylic acids is 1. The van der Waals surface area contributed by atoms with Crippen LogP contribution in [0.15, 0.2) is 4.42 Å². The van der Waals surface area contributed by atoms with E-state index in [0.717, 1.165) is 38.7 Å². The predicted molar refractivity (Wildman–Crippen MR) is 89.4 cm³/mol. The van der Waals surface area contributed by atoms with Gasteiger partial charge in [0.1, 0.15) is 5.54 Å². The minimum Gasteiger partial charge on any atom is -0.422 e. The average Bonchev–Trinajstić information content (AvgIpc) is 3.16. The van der Waals surface area contributed by atoms with Crippen molar-refractivity contribution in [1.82, 2.24) is 15.5 Å². The molecule has 1 aliphatic carbocycles. The second kappa shape index (κ2) is 6.47. The minimum absolute atomic E-state index is 0.0238. The van der Waals surface area contributed by atoms with Crippen molar-refractivity contribution in [3.63, 3.8) is 0 Å². The Balaban J connectivity index is 1.87. The third-order valence-electron chi connectivity index (χ3n) is 5.23. The van der Waals surface area contributed by atoms with Gasteiger partial charge in [0.15, 0.2) is 0 Å². The van der Waals surface area contributed by atoms with Crippen molar-refractivity contribution in [1.29, 1.82) is 0 Å². The first-order valence-electron chi connectivity index (χ1n) is 9.06. The summed E-state index contributed by atoms with van der Waals surface area (Å²) in [6.07, 6.45) is 6.01. The molecule has 1 saturated heterocycles. The summed E-state index contributed by atoms with van der Waals surface area (Å²) in [5.74, 6) is 1.29. The number of ether oxygens (including phenoxy) is 1. The van der Waals surface area contributed by atoms with Crippen molar-refractivity contribution in [3.8, 4) is 0 Å². The van der Waals surface area contributed by atoms with Crippen molar-refractivity contribution in [2.75, 3.05) is 6.61 Å². The van der Waals surface area contributed by atoms with E-state index in [2.05, 4.69) is 36.3 Å². The van der Waals surface area contributed by atoms with Crippen molar-refractivity contribution >= 4 is 5.91 Å². The lowest BCUT2D eigenvalue weighted by Crippen LogP contribution is -2.46. The monoisotopic (exact) mass is 335 g/mol. The molecule has 1 N–H and O–H groups in total. The number of rotatable bonds is 3. The van der Waals surface area contributed by atoms with E-state index in [1.54, 1.807) is 6.92 Å². The van der Waals surface area contributed by atoms with Crippen LogP contribution in [-0.2, 0) is 15.1 Å². The summed E-state index contributed by atoms with van der Waals surface area (Å²) in [4.78, 5) is 11.7. The molecule has 3 rings (SSSR count). The molecule has 1 saturated carbocycles. The lowest BCUT2D eigenvalue weighted by atomic mass is 9.81. The molecule has 2 fully saturated rings. The van der Waals surface area contributed by atoms with Gasteiger partial charge in [0.2, 0.25) is 17.7 Å². The lowest BCUT2D eigenvalue weighted by molar-refractivity contribution is -0.121. The van der Waals surface area contributed by atoms with E-state index in [0.29, 0.717) is 11.8 Å². The standard InChI is InChI=1S/C18H29N3O3/c1-12(22)19-18(9-6-5-7-10-18)16-21-20-15(24-16)13-8-11-23-14(13)17(2,3)4/h13-14H,5-11H2,1-4H3,(H,19,22)/t13-,14-/m0/s1. The molecule has 0 unspecified atom stereocenters. The molecular weight excluding hydrogens is 306 g/mol. The first-order chi connectivity index (χ1) is 11.3. The van der Waals surface area contributed by atoms with Crippen molar-refractivity contribution in [2.45, 2.75) is 83.8 Å². The van der Waals surface area contributed by atoms with Gasteiger partial charge < -0.3 is 14.5 Å². The highest BCUT2D eigenvalue weighted by Gasteiger charge is 2.44. The summed E-state index contributed by atoms with van der Waals surface area (Å²) in [5, 5.41) is 11.8. The van der Waals surface area contributed by atoms with E-state index < -0.39 is 5.54 Å². The molecule has 1 aliphatic heterocycles. The third-order valence-corrected chi connectivity index (χ3v) is 5.23. The normalized spacial score (nSPS) is 27.2. The molecule has 1 aromatic heterocycles. The first-order valence-corrected chi connectivity index (χ1v) is 9.06. The maximum atomic E-state index is 11.7. The molecule has 134 valence electrons. The molecular formula is C18H29N3O3. The maximum Gasteiger partial charge on any atom is 0.241 e. The SMILES string of the molecule is CC(=O)NC1(c2nnc([C@H]3CCO[C@@H]3C(C)(C)C)o2)CCCCC1. The second-order valence-corrected chi connectivity index (χ2v) is 8.32. The molecule has 0 bridgehead atoms. The number of nitrogens with one attached hydrogen (secondary N) is 1. The second-order valence-electron chi connectivity index (χ2n) is 8.32. The molecule has 2 atom stereocenters. The number of amides is 1. The van der Waals surface area contributed by atoms with Gasteiger partial charge in [-0.25, -0.2) is 0 Å². The highest BCUT2D eigenvalue weighted by molar-refractivity contribution is 5.73. The molecule has 0 spiro atoms. The molecule has 6 heteroatoms. The minimum atomic E-state index is -0.494. The van der Waals surface area contributed by atoms with Gasteiger partial charge >= 0.3 is 0 Å². The molecule has 1 aromatic rings. The van der Waals surface area contributed by atoms with Gasteiger partial charge in [-0.3, -0.25) is 4.79 Å². The van der Waals surface area contributed by atoms with E-state index >= 15 is 0 Å². The molecule has 0 radical (unpaired) electrons. The van der Waals surface area contributed by atoms with Crippen LogP contribution in [0.3, 0.4) is 0 Å². The molecule has 2 aliphatic rings. The van der Waals surface area contributed by atoms with Crippen molar-refractivity contribution in [3.05, 3.63) is 11.8 Å². The fourth-order valence-electron chi connectivity index (χ4n) is 4.16. The highest BCUT2D eigenvalue weighted by atomic mass is 16.5. The average molecular weight is 335 g/mol. The summed E-state index contributed by atoms with van der Waals surface area (Å²) < 4.78 is 12.1. The van der Waals surface area contributed by atoms with E-state index in [1.807, 2.05) is 0 Å². The fourth-order valence-corrected chi connectivity index (χ4v) is 4.16. The van der Waals surface area contributed by atoms with Gasteiger partial charge in [0.05, 0.1) is 12.0 Å². The Morgan fingerprint density at radius 1 is 1.21 bits per heavy atom. The topological polar surface area (TPSA) is 77.2 Å². The van der Waals surface area contributed by atoms with E-state index in [1.165, 1.54) is 6.42 Å². The Morgan fingerprint density at radius 3 is 2.54 bits per heavy atom. The summed E-state index contributed by atoms with van der Waals surface area (Å²) in [7, 11) is 0. The van der Waals surface area contributed by atoms with Crippen molar-refractivity contribution < 1.29 is 13.9 Å². The van der Waals surface area contributed by atoms with Gasteiger partial charge in [-0.1, -0.05) is 40.0 Å². The Hall–Kier alpha value is -1.43. The molecule has 1 amide bonds. The maximum absolute atomic E-state index is 11.7. The summed E-state index contributed by atoms with van der Waals surface area (Å²) in [6, 6.07) is 0. The van der Waals surface area contributed by atoms with E-state index in [9.17, 15) is 4.79 Å². The third kappa shape index (κ3) is 3.34. The van der Waals surface area contributed by atoms with Crippen LogP contribution in [0.2, 0.25) is 0 Å². The summed E-state index contributed by atoms with van der Waals surface area (Å²) in [6.45, 7) is 8.79. The van der Waals surface area contributed by atoms with Gasteiger partial charge in [-0.05, 0) is 24.7 Å². The van der Waals surface area contributed by atoms with Crippen LogP contribution in [0.4, 0.5) is 0 Å². The van der Waals surface area contributed by atoms with E-state index in [4.69, 9.17) is 9.15 Å². The lowest BCUT2D eigenvalue weighted by Gasteiger charge is -2.34. The Labute approximate surface area is 143 Å². The van der Waals surface area contributed by atoms with Crippen molar-refractivity contribution in [2.24, 2.45) is 5.41 Å². The quantitative estimate of drug-likeness (QED) is 0.917. The fraction of sp³-hybridized carbons (Fsp3) is 0.833. The van der Waals surface area contributed by atoms with Crippen LogP contribution in [0.1, 0.15) is 83.9 Å².